The van der Waals surface area contributed by atoms with Gasteiger partial charge in [-0.15, -0.1) is 0 Å². The van der Waals surface area contributed by atoms with Crippen LogP contribution >= 0.6 is 0 Å². The monoisotopic (exact) mass is 191 g/mol. The van der Waals surface area contributed by atoms with Crippen molar-refractivity contribution in [3.8, 4) is 5.75 Å². The number of hydrogen-bond donors (Lipinski definition) is 1. The molecular weight excluding hydrogens is 174 g/mol. The zero-order valence-electron chi connectivity index (χ0n) is 9.05. The summed E-state index contributed by atoms with van der Waals surface area (Å²) >= 11 is 0. The van der Waals surface area contributed by atoms with Crippen molar-refractivity contribution < 1.29 is 4.74 Å². The van der Waals surface area contributed by atoms with Crippen LogP contribution in [0.4, 0.5) is 0 Å². The maximum atomic E-state index is 5.33. The number of fused-ring (bicyclic) bond motifs is 1. The lowest BCUT2D eigenvalue weighted by atomic mass is 9.91. The molecule has 1 heterocycles. The zero-order valence-corrected chi connectivity index (χ0v) is 9.05. The van der Waals surface area contributed by atoms with E-state index in [4.69, 9.17) is 4.74 Å². The highest BCUT2D eigenvalue weighted by Crippen LogP contribution is 2.30. The molecule has 1 atom stereocenters. The minimum Gasteiger partial charge on any atom is -0.496 e. The van der Waals surface area contributed by atoms with Crippen LogP contribution in [0.1, 0.15) is 29.7 Å². The van der Waals surface area contributed by atoms with Gasteiger partial charge in [0.25, 0.3) is 0 Å². The normalized spacial score (nSPS) is 20.4. The fraction of sp³-hybridized carbons (Fsp3) is 0.500. The first-order valence-corrected chi connectivity index (χ1v) is 5.13. The Kier molecular flexibility index (Phi) is 2.46. The number of methoxy groups -OCH3 is 1. The first kappa shape index (κ1) is 9.53. The Labute approximate surface area is 85.3 Å². The van der Waals surface area contributed by atoms with Crippen LogP contribution in [0.15, 0.2) is 12.1 Å². The summed E-state index contributed by atoms with van der Waals surface area (Å²) in [5.74, 6) is 1.01. The van der Waals surface area contributed by atoms with E-state index < -0.39 is 0 Å². The van der Waals surface area contributed by atoms with Crippen LogP contribution in [-0.4, -0.2) is 13.7 Å². The number of nitrogens with one attached hydrogen (secondary N) is 1. The third-order valence-electron chi connectivity index (χ3n) is 3.10. The van der Waals surface area contributed by atoms with Crippen LogP contribution in [0.2, 0.25) is 0 Å². The summed E-state index contributed by atoms with van der Waals surface area (Å²) < 4.78 is 5.33. The van der Waals surface area contributed by atoms with Gasteiger partial charge in [-0.2, -0.15) is 0 Å². The van der Waals surface area contributed by atoms with Gasteiger partial charge in [-0.1, -0.05) is 6.07 Å². The van der Waals surface area contributed by atoms with E-state index in [9.17, 15) is 0 Å². The molecular formula is C12H17NO. The average molecular weight is 191 g/mol. The Morgan fingerprint density at radius 1 is 1.43 bits per heavy atom. The van der Waals surface area contributed by atoms with Crippen LogP contribution in [0.5, 0.6) is 5.75 Å². The quantitative estimate of drug-likeness (QED) is 0.735. The molecule has 0 saturated heterocycles. The van der Waals surface area contributed by atoms with E-state index in [1.165, 1.54) is 16.7 Å². The number of hydrogen-bond acceptors (Lipinski definition) is 2. The minimum atomic E-state index is 0.475. The molecule has 0 aromatic heterocycles. The predicted octanol–water partition coefficient (Wildman–Crippen LogP) is 2.21. The van der Waals surface area contributed by atoms with Gasteiger partial charge in [0.15, 0.2) is 0 Å². The highest BCUT2D eigenvalue weighted by Gasteiger charge is 2.18. The maximum absolute atomic E-state index is 5.33. The van der Waals surface area contributed by atoms with Crippen molar-refractivity contribution in [1.82, 2.24) is 5.32 Å². The molecule has 2 nitrogen and oxygen atoms in total. The zero-order chi connectivity index (χ0) is 10.1. The van der Waals surface area contributed by atoms with Crippen LogP contribution < -0.4 is 10.1 Å². The average Bonchev–Trinajstić information content (AvgIpc) is 2.20. The lowest BCUT2D eigenvalue weighted by molar-refractivity contribution is 0.409. The molecule has 1 aliphatic heterocycles. The van der Waals surface area contributed by atoms with Gasteiger partial charge in [0.05, 0.1) is 7.11 Å². The Morgan fingerprint density at radius 3 is 2.93 bits per heavy atom. The Bertz CT molecular complexity index is 346. The molecule has 0 radical (unpaired) electrons. The molecule has 14 heavy (non-hydrogen) atoms. The summed E-state index contributed by atoms with van der Waals surface area (Å²) in [6.45, 7) is 5.43. The van der Waals surface area contributed by atoms with Crippen molar-refractivity contribution in [1.29, 1.82) is 0 Å². The van der Waals surface area contributed by atoms with Crippen molar-refractivity contribution in [3.05, 3.63) is 28.8 Å². The second kappa shape index (κ2) is 3.62. The molecule has 0 aliphatic carbocycles. The highest BCUT2D eigenvalue weighted by molar-refractivity contribution is 5.46. The molecule has 0 fully saturated rings. The summed E-state index contributed by atoms with van der Waals surface area (Å²) in [5.41, 5.74) is 4.20. The number of ether oxygens (including phenoxy) is 1. The third-order valence-corrected chi connectivity index (χ3v) is 3.10. The van der Waals surface area contributed by atoms with E-state index in [1.54, 1.807) is 7.11 Å². The second-order valence-corrected chi connectivity index (χ2v) is 3.89. The van der Waals surface area contributed by atoms with Gasteiger partial charge in [0.2, 0.25) is 0 Å². The van der Waals surface area contributed by atoms with Crippen LogP contribution in [0, 0.1) is 6.92 Å². The first-order chi connectivity index (χ1) is 6.74. The maximum Gasteiger partial charge on any atom is 0.122 e. The molecule has 0 amide bonds. The Hall–Kier alpha value is -1.02. The summed E-state index contributed by atoms with van der Waals surface area (Å²) in [5, 5.41) is 3.46. The predicted molar refractivity (Wildman–Crippen MR) is 57.9 cm³/mol. The molecule has 1 unspecified atom stereocenters. The number of rotatable bonds is 1. The molecule has 1 aliphatic rings. The molecule has 1 N–H and O–H groups in total. The van der Waals surface area contributed by atoms with E-state index in [0.29, 0.717) is 6.04 Å². The fourth-order valence-corrected chi connectivity index (χ4v) is 2.24. The highest BCUT2D eigenvalue weighted by atomic mass is 16.5. The second-order valence-electron chi connectivity index (χ2n) is 3.89. The topological polar surface area (TPSA) is 21.3 Å². The lowest BCUT2D eigenvalue weighted by Crippen LogP contribution is -2.28. The van der Waals surface area contributed by atoms with E-state index in [-0.39, 0.29) is 0 Å². The van der Waals surface area contributed by atoms with E-state index >= 15 is 0 Å². The first-order valence-electron chi connectivity index (χ1n) is 5.13. The third kappa shape index (κ3) is 1.40. The minimum absolute atomic E-state index is 0.475. The Morgan fingerprint density at radius 2 is 2.21 bits per heavy atom. The number of benzene rings is 1. The van der Waals surface area contributed by atoms with Gasteiger partial charge < -0.3 is 10.1 Å². The summed E-state index contributed by atoms with van der Waals surface area (Å²) in [4.78, 5) is 0. The van der Waals surface area contributed by atoms with Crippen molar-refractivity contribution in [2.24, 2.45) is 0 Å². The molecule has 0 spiro atoms. The molecule has 1 aromatic rings. The van der Waals surface area contributed by atoms with Crippen LogP contribution in [0.25, 0.3) is 0 Å². The Balaban J connectivity index is 2.52. The smallest absolute Gasteiger partial charge is 0.122 e. The van der Waals surface area contributed by atoms with Crippen molar-refractivity contribution in [2.45, 2.75) is 26.3 Å². The van der Waals surface area contributed by atoms with Gasteiger partial charge in [0.1, 0.15) is 5.75 Å². The molecule has 1 aromatic carbocycles. The van der Waals surface area contributed by atoms with Crippen LogP contribution in [0.3, 0.4) is 0 Å². The van der Waals surface area contributed by atoms with E-state index in [2.05, 4.69) is 31.3 Å². The molecule has 76 valence electrons. The standard InChI is InChI=1S/C12H17NO/c1-8-10-6-7-13-9(2)11(10)4-5-12(8)14-3/h4-5,9,13H,6-7H2,1-3H3. The van der Waals surface area contributed by atoms with Gasteiger partial charge >= 0.3 is 0 Å². The lowest BCUT2D eigenvalue weighted by Gasteiger charge is -2.26. The van der Waals surface area contributed by atoms with Crippen LogP contribution in [-0.2, 0) is 6.42 Å². The van der Waals surface area contributed by atoms with Gasteiger partial charge in [-0.3, -0.25) is 0 Å². The fourth-order valence-electron chi connectivity index (χ4n) is 2.24. The van der Waals surface area contributed by atoms with Gasteiger partial charge in [-0.05, 0) is 49.6 Å². The molecule has 2 heteroatoms. The SMILES string of the molecule is COc1ccc2c(c1C)CCNC2C. The van der Waals surface area contributed by atoms with Gasteiger partial charge in [0, 0.05) is 6.04 Å². The van der Waals surface area contributed by atoms with E-state index in [1.807, 2.05) is 0 Å². The van der Waals surface area contributed by atoms with Crippen molar-refractivity contribution in [3.63, 3.8) is 0 Å². The largest absolute Gasteiger partial charge is 0.496 e. The van der Waals surface area contributed by atoms with E-state index in [0.717, 1.165) is 18.7 Å². The summed E-state index contributed by atoms with van der Waals surface area (Å²) in [7, 11) is 1.74. The summed E-state index contributed by atoms with van der Waals surface area (Å²) in [6.07, 6.45) is 1.11. The van der Waals surface area contributed by atoms with Crippen molar-refractivity contribution >= 4 is 0 Å². The molecule has 2 rings (SSSR count). The van der Waals surface area contributed by atoms with Gasteiger partial charge in [-0.25, -0.2) is 0 Å². The molecule has 0 bridgehead atoms. The molecule has 0 saturated carbocycles. The van der Waals surface area contributed by atoms with Crippen molar-refractivity contribution in [2.75, 3.05) is 13.7 Å². The summed E-state index contributed by atoms with van der Waals surface area (Å²) in [6, 6.07) is 4.72.